The van der Waals surface area contributed by atoms with Crippen LogP contribution < -0.4 is 0 Å². The van der Waals surface area contributed by atoms with Gasteiger partial charge in [0.2, 0.25) is 0 Å². The fraction of sp³-hybridized carbons (Fsp3) is 0.833. The molecule has 1 fully saturated rings. The van der Waals surface area contributed by atoms with E-state index in [0.29, 0.717) is 11.7 Å². The Morgan fingerprint density at radius 2 is 2.50 bits per heavy atom. The summed E-state index contributed by atoms with van der Waals surface area (Å²) in [6, 6.07) is 0. The van der Waals surface area contributed by atoms with E-state index in [1.807, 2.05) is 0 Å². The molecule has 1 nitrogen and oxygen atoms in total. The van der Waals surface area contributed by atoms with Crippen molar-refractivity contribution in [3.05, 3.63) is 0 Å². The van der Waals surface area contributed by atoms with Gasteiger partial charge in [-0.3, -0.25) is 4.79 Å². The van der Waals surface area contributed by atoms with Gasteiger partial charge in [0.05, 0.1) is 0 Å². The molecule has 0 radical (unpaired) electrons. The normalized spacial score (nSPS) is 29.1. The zero-order chi connectivity index (χ0) is 5.98. The number of ketones is 1. The van der Waals surface area contributed by atoms with Gasteiger partial charge >= 0.3 is 0 Å². The van der Waals surface area contributed by atoms with Crippen molar-refractivity contribution in [1.82, 2.24) is 0 Å². The second-order valence-corrected chi connectivity index (χ2v) is 2.95. The first kappa shape index (κ1) is 6.27. The molecule has 1 aliphatic rings. The van der Waals surface area contributed by atoms with Gasteiger partial charge in [0.15, 0.2) is 0 Å². The average molecular weight is 177 g/mol. The third-order valence-corrected chi connectivity index (χ3v) is 2.48. The number of hydrogen-bond acceptors (Lipinski definition) is 1. The van der Waals surface area contributed by atoms with Gasteiger partial charge in [0.25, 0.3) is 0 Å². The van der Waals surface area contributed by atoms with Gasteiger partial charge in [-0.2, -0.15) is 0 Å². The minimum Gasteiger partial charge on any atom is -0.300 e. The summed E-state index contributed by atoms with van der Waals surface area (Å²) in [6.45, 7) is 0. The highest BCUT2D eigenvalue weighted by Crippen LogP contribution is 2.22. The molecule has 0 amide bonds. The molecule has 0 unspecified atom stereocenters. The van der Waals surface area contributed by atoms with E-state index in [1.165, 1.54) is 0 Å². The van der Waals surface area contributed by atoms with Gasteiger partial charge in [-0.05, 0) is 12.3 Å². The maximum absolute atomic E-state index is 10.6. The highest BCUT2D eigenvalue weighted by molar-refractivity contribution is 9.09. The summed E-state index contributed by atoms with van der Waals surface area (Å²) < 4.78 is 0. The number of halogens is 1. The number of Topliss-reactive ketones (excluding diaryl/α,β-unsaturated/α-hetero) is 1. The van der Waals surface area contributed by atoms with E-state index in [2.05, 4.69) is 15.9 Å². The van der Waals surface area contributed by atoms with Crippen LogP contribution in [0.25, 0.3) is 0 Å². The predicted octanol–water partition coefficient (Wildman–Crippen LogP) is 1.75. The van der Waals surface area contributed by atoms with Crippen molar-refractivity contribution in [3.8, 4) is 0 Å². The Balaban J connectivity index is 2.32. The van der Waals surface area contributed by atoms with Crippen LogP contribution in [0.4, 0.5) is 0 Å². The first-order chi connectivity index (χ1) is 3.83. The quantitative estimate of drug-likeness (QED) is 0.557. The van der Waals surface area contributed by atoms with Crippen LogP contribution in [0.3, 0.4) is 0 Å². The van der Waals surface area contributed by atoms with E-state index in [0.717, 1.165) is 24.6 Å². The Bertz CT molecular complexity index is 101. The van der Waals surface area contributed by atoms with E-state index < -0.39 is 0 Å². The van der Waals surface area contributed by atoms with Crippen LogP contribution >= 0.6 is 15.9 Å². The molecule has 1 aliphatic carbocycles. The molecule has 1 atom stereocenters. The monoisotopic (exact) mass is 176 g/mol. The lowest BCUT2D eigenvalue weighted by molar-refractivity contribution is -0.117. The maximum atomic E-state index is 10.6. The summed E-state index contributed by atoms with van der Waals surface area (Å²) in [6.07, 6.45) is 2.73. The molecule has 1 rings (SSSR count). The number of carbonyl (C=O) groups excluding carboxylic acids is 1. The average Bonchev–Trinajstić information content (AvgIpc) is 2.14. The lowest BCUT2D eigenvalue weighted by Gasteiger charge is -1.97. The van der Waals surface area contributed by atoms with Gasteiger partial charge < -0.3 is 0 Å². The van der Waals surface area contributed by atoms with E-state index in [-0.39, 0.29) is 0 Å². The number of alkyl halides is 1. The lowest BCUT2D eigenvalue weighted by atomic mass is 10.1. The van der Waals surface area contributed by atoms with E-state index >= 15 is 0 Å². The molecule has 46 valence electrons. The fourth-order valence-electron chi connectivity index (χ4n) is 1.02. The number of carbonyl (C=O) groups is 1. The van der Waals surface area contributed by atoms with E-state index in [9.17, 15) is 4.79 Å². The maximum Gasteiger partial charge on any atom is 0.133 e. The Morgan fingerprint density at radius 1 is 1.75 bits per heavy atom. The molecule has 0 aromatic carbocycles. The molecule has 0 aromatic heterocycles. The zero-order valence-electron chi connectivity index (χ0n) is 4.69. The highest BCUT2D eigenvalue weighted by Gasteiger charge is 2.20. The molecule has 0 heterocycles. The largest absolute Gasteiger partial charge is 0.300 e. The second kappa shape index (κ2) is 2.62. The van der Waals surface area contributed by atoms with E-state index in [4.69, 9.17) is 0 Å². The van der Waals surface area contributed by atoms with Crippen LogP contribution in [0, 0.1) is 5.92 Å². The summed E-state index contributed by atoms with van der Waals surface area (Å²) in [5.41, 5.74) is 0. The van der Waals surface area contributed by atoms with Crippen molar-refractivity contribution in [2.24, 2.45) is 5.92 Å². The van der Waals surface area contributed by atoms with Crippen molar-refractivity contribution >= 4 is 21.7 Å². The van der Waals surface area contributed by atoms with Crippen LogP contribution in [0.15, 0.2) is 0 Å². The van der Waals surface area contributed by atoms with Crippen LogP contribution in [0.5, 0.6) is 0 Å². The van der Waals surface area contributed by atoms with E-state index in [1.54, 1.807) is 0 Å². The van der Waals surface area contributed by atoms with Gasteiger partial charge in [0, 0.05) is 18.2 Å². The lowest BCUT2D eigenvalue weighted by Crippen LogP contribution is -1.94. The zero-order valence-corrected chi connectivity index (χ0v) is 6.28. The van der Waals surface area contributed by atoms with Gasteiger partial charge in [-0.15, -0.1) is 0 Å². The molecule has 8 heavy (non-hydrogen) atoms. The van der Waals surface area contributed by atoms with Crippen molar-refractivity contribution < 1.29 is 4.79 Å². The SMILES string of the molecule is O=C1CC[C@H](CBr)C1. The van der Waals surface area contributed by atoms with Gasteiger partial charge in [-0.1, -0.05) is 15.9 Å². The molecule has 1 saturated carbocycles. The molecular formula is C6H9BrO. The van der Waals surface area contributed by atoms with Crippen molar-refractivity contribution in [2.75, 3.05) is 5.33 Å². The standard InChI is InChI=1S/C6H9BrO/c7-4-5-1-2-6(8)3-5/h5H,1-4H2/t5-/m0/s1. The fourth-order valence-corrected chi connectivity index (χ4v) is 1.58. The number of hydrogen-bond donors (Lipinski definition) is 0. The molecule has 0 aliphatic heterocycles. The third kappa shape index (κ3) is 1.31. The number of rotatable bonds is 1. The Hall–Kier alpha value is 0.150. The van der Waals surface area contributed by atoms with Crippen LogP contribution in [0.1, 0.15) is 19.3 Å². The summed E-state index contributed by atoms with van der Waals surface area (Å²) in [5, 5.41) is 0.999. The topological polar surface area (TPSA) is 17.1 Å². The second-order valence-electron chi connectivity index (χ2n) is 2.30. The molecule has 0 N–H and O–H groups in total. The van der Waals surface area contributed by atoms with Crippen LogP contribution in [0.2, 0.25) is 0 Å². The molecular weight excluding hydrogens is 168 g/mol. The summed E-state index contributed by atoms with van der Waals surface area (Å²) in [5.74, 6) is 1.08. The molecule has 2 heteroatoms. The first-order valence-corrected chi connectivity index (χ1v) is 4.02. The van der Waals surface area contributed by atoms with Crippen LogP contribution in [-0.2, 0) is 4.79 Å². The first-order valence-electron chi connectivity index (χ1n) is 2.90. The minimum absolute atomic E-state index is 0.439. The summed E-state index contributed by atoms with van der Waals surface area (Å²) in [7, 11) is 0. The Labute approximate surface area is 57.6 Å². The molecule has 0 aromatic rings. The van der Waals surface area contributed by atoms with Crippen molar-refractivity contribution in [2.45, 2.75) is 19.3 Å². The Morgan fingerprint density at radius 3 is 2.75 bits per heavy atom. The van der Waals surface area contributed by atoms with Crippen molar-refractivity contribution in [3.63, 3.8) is 0 Å². The molecule has 0 spiro atoms. The van der Waals surface area contributed by atoms with Crippen LogP contribution in [-0.4, -0.2) is 11.1 Å². The summed E-state index contributed by atoms with van der Waals surface area (Å²) >= 11 is 3.35. The molecule has 0 saturated heterocycles. The van der Waals surface area contributed by atoms with Crippen molar-refractivity contribution in [1.29, 1.82) is 0 Å². The Kier molecular flexibility index (Phi) is 2.06. The third-order valence-electron chi connectivity index (χ3n) is 1.57. The minimum atomic E-state index is 0.439. The smallest absolute Gasteiger partial charge is 0.133 e. The van der Waals surface area contributed by atoms with Gasteiger partial charge in [0.1, 0.15) is 5.78 Å². The predicted molar refractivity (Wildman–Crippen MR) is 36.1 cm³/mol. The highest BCUT2D eigenvalue weighted by atomic mass is 79.9. The summed E-state index contributed by atoms with van der Waals surface area (Å²) in [4.78, 5) is 10.6. The van der Waals surface area contributed by atoms with Gasteiger partial charge in [-0.25, -0.2) is 0 Å². The molecule has 0 bridgehead atoms.